The topological polar surface area (TPSA) is 57.5 Å². The van der Waals surface area contributed by atoms with Crippen molar-refractivity contribution in [2.75, 3.05) is 26.2 Å². The lowest BCUT2D eigenvalue weighted by atomic mass is 10.0. The van der Waals surface area contributed by atoms with Crippen LogP contribution in [0, 0.1) is 13.8 Å². The van der Waals surface area contributed by atoms with E-state index in [0.717, 1.165) is 43.6 Å². The van der Waals surface area contributed by atoms with Gasteiger partial charge in [-0.2, -0.15) is 5.10 Å². The number of guanidine groups is 1. The Morgan fingerprint density at radius 1 is 1.28 bits per heavy atom. The number of piperidine rings is 1. The first-order valence-corrected chi connectivity index (χ1v) is 11.2. The van der Waals surface area contributed by atoms with Gasteiger partial charge in [0.15, 0.2) is 5.96 Å². The van der Waals surface area contributed by atoms with Crippen LogP contribution in [0.15, 0.2) is 4.99 Å². The Morgan fingerprint density at radius 3 is 2.66 bits per heavy atom. The molecule has 6 nitrogen and oxygen atoms in total. The minimum Gasteiger partial charge on any atom is -0.357 e. The van der Waals surface area contributed by atoms with E-state index in [4.69, 9.17) is 4.99 Å². The standard InChI is InChI=1S/C22H42N6.HI/c1-7-23-22(24-13-9-11-15-28-14-10-8-12-18(28)3)25-17(2)16-21-19(4)26-27(6)20(21)5;/h17-18H,7-16H2,1-6H3,(H2,23,24,25);1H. The van der Waals surface area contributed by atoms with Crippen LogP contribution in [0.2, 0.25) is 0 Å². The van der Waals surface area contributed by atoms with Crippen LogP contribution in [0.4, 0.5) is 0 Å². The monoisotopic (exact) mass is 518 g/mol. The molecule has 1 saturated heterocycles. The van der Waals surface area contributed by atoms with E-state index in [1.807, 2.05) is 11.7 Å². The van der Waals surface area contributed by atoms with Gasteiger partial charge >= 0.3 is 0 Å². The molecule has 1 aromatic heterocycles. The number of halogens is 1. The fourth-order valence-corrected chi connectivity index (χ4v) is 4.13. The smallest absolute Gasteiger partial charge is 0.191 e. The lowest BCUT2D eigenvalue weighted by molar-refractivity contribution is 0.158. The van der Waals surface area contributed by atoms with Gasteiger partial charge in [-0.1, -0.05) is 6.42 Å². The lowest BCUT2D eigenvalue weighted by Gasteiger charge is -2.33. The number of hydrogen-bond acceptors (Lipinski definition) is 3. The SMILES string of the molecule is CCNC(=NCCCCN1CCCCC1C)NC(C)Cc1c(C)nn(C)c1C.I. The minimum atomic E-state index is 0. The normalized spacial score (nSPS) is 19.0. The van der Waals surface area contributed by atoms with Crippen molar-refractivity contribution in [2.24, 2.45) is 12.0 Å². The molecule has 0 aromatic carbocycles. The van der Waals surface area contributed by atoms with Crippen LogP contribution in [-0.4, -0.2) is 58.9 Å². The van der Waals surface area contributed by atoms with Crippen molar-refractivity contribution in [2.45, 2.75) is 85.2 Å². The third-order valence-corrected chi connectivity index (χ3v) is 5.96. The van der Waals surface area contributed by atoms with Gasteiger partial charge in [0.1, 0.15) is 0 Å². The molecule has 2 unspecified atom stereocenters. The van der Waals surface area contributed by atoms with Gasteiger partial charge < -0.3 is 15.5 Å². The predicted octanol–water partition coefficient (Wildman–Crippen LogP) is 3.80. The highest BCUT2D eigenvalue weighted by Gasteiger charge is 2.17. The number of aromatic nitrogens is 2. The summed E-state index contributed by atoms with van der Waals surface area (Å²) in [6.45, 7) is 15.2. The zero-order valence-electron chi connectivity index (χ0n) is 19.4. The molecular formula is C22H43IN6. The molecule has 2 atom stereocenters. The largest absolute Gasteiger partial charge is 0.357 e. The van der Waals surface area contributed by atoms with Crippen molar-refractivity contribution < 1.29 is 0 Å². The van der Waals surface area contributed by atoms with Crippen LogP contribution in [-0.2, 0) is 13.5 Å². The van der Waals surface area contributed by atoms with Gasteiger partial charge in [-0.15, -0.1) is 24.0 Å². The third-order valence-electron chi connectivity index (χ3n) is 5.96. The van der Waals surface area contributed by atoms with Crippen LogP contribution < -0.4 is 10.6 Å². The number of aryl methyl sites for hydroxylation is 2. The molecular weight excluding hydrogens is 475 g/mol. The van der Waals surface area contributed by atoms with E-state index in [0.29, 0.717) is 6.04 Å². The molecule has 29 heavy (non-hydrogen) atoms. The first kappa shape index (κ1) is 26.2. The van der Waals surface area contributed by atoms with Gasteiger partial charge in [0.2, 0.25) is 0 Å². The zero-order chi connectivity index (χ0) is 20.5. The molecule has 1 aromatic rings. The van der Waals surface area contributed by atoms with Crippen LogP contribution >= 0.6 is 24.0 Å². The van der Waals surface area contributed by atoms with E-state index in [2.05, 4.69) is 55.3 Å². The molecule has 2 rings (SSSR count). The van der Waals surface area contributed by atoms with Gasteiger partial charge in [0, 0.05) is 37.9 Å². The molecule has 2 heterocycles. The summed E-state index contributed by atoms with van der Waals surface area (Å²) in [5.41, 5.74) is 3.72. The van der Waals surface area contributed by atoms with Crippen molar-refractivity contribution in [3.05, 3.63) is 17.0 Å². The summed E-state index contributed by atoms with van der Waals surface area (Å²) in [7, 11) is 2.01. The highest BCUT2D eigenvalue weighted by atomic mass is 127. The summed E-state index contributed by atoms with van der Waals surface area (Å²) in [5.74, 6) is 0.931. The Hall–Kier alpha value is -0.830. The maximum Gasteiger partial charge on any atom is 0.191 e. The summed E-state index contributed by atoms with van der Waals surface area (Å²) >= 11 is 0. The van der Waals surface area contributed by atoms with Gasteiger partial charge in [0.25, 0.3) is 0 Å². The average Bonchev–Trinajstić information content (AvgIpc) is 2.89. The number of hydrogen-bond donors (Lipinski definition) is 2. The summed E-state index contributed by atoms with van der Waals surface area (Å²) in [6.07, 6.45) is 7.47. The first-order valence-electron chi connectivity index (χ1n) is 11.2. The Kier molecular flexibility index (Phi) is 12.2. The molecule has 0 bridgehead atoms. The van der Waals surface area contributed by atoms with Crippen molar-refractivity contribution >= 4 is 29.9 Å². The van der Waals surface area contributed by atoms with Crippen molar-refractivity contribution in [3.8, 4) is 0 Å². The van der Waals surface area contributed by atoms with Crippen LogP contribution in [0.3, 0.4) is 0 Å². The Bertz CT molecular complexity index is 627. The number of nitrogens with one attached hydrogen (secondary N) is 2. The van der Waals surface area contributed by atoms with E-state index in [-0.39, 0.29) is 24.0 Å². The lowest BCUT2D eigenvalue weighted by Crippen LogP contribution is -2.43. The minimum absolute atomic E-state index is 0. The van der Waals surface area contributed by atoms with E-state index in [1.165, 1.54) is 50.0 Å². The van der Waals surface area contributed by atoms with Crippen LogP contribution in [0.25, 0.3) is 0 Å². The number of unbranched alkanes of at least 4 members (excludes halogenated alkanes) is 1. The van der Waals surface area contributed by atoms with E-state index in [1.54, 1.807) is 0 Å². The Morgan fingerprint density at radius 2 is 2.03 bits per heavy atom. The molecule has 1 aliphatic heterocycles. The zero-order valence-corrected chi connectivity index (χ0v) is 21.8. The summed E-state index contributed by atoms with van der Waals surface area (Å²) in [6, 6.07) is 1.07. The molecule has 0 spiro atoms. The molecule has 7 heteroatoms. The first-order chi connectivity index (χ1) is 13.4. The van der Waals surface area contributed by atoms with E-state index in [9.17, 15) is 0 Å². The van der Waals surface area contributed by atoms with Crippen LogP contribution in [0.1, 0.15) is 69.8 Å². The van der Waals surface area contributed by atoms with Gasteiger partial charge in [-0.25, -0.2) is 0 Å². The summed E-state index contributed by atoms with van der Waals surface area (Å²) in [5, 5.41) is 11.5. The second-order valence-electron chi connectivity index (χ2n) is 8.37. The third kappa shape index (κ3) is 8.44. The van der Waals surface area contributed by atoms with Crippen molar-refractivity contribution in [1.82, 2.24) is 25.3 Å². The Labute approximate surface area is 195 Å². The summed E-state index contributed by atoms with van der Waals surface area (Å²) < 4.78 is 1.97. The fraction of sp³-hybridized carbons (Fsp3) is 0.818. The summed E-state index contributed by atoms with van der Waals surface area (Å²) in [4.78, 5) is 7.45. The molecule has 0 aliphatic carbocycles. The maximum atomic E-state index is 4.80. The predicted molar refractivity (Wildman–Crippen MR) is 134 cm³/mol. The number of aliphatic imine (C=N–C) groups is 1. The molecule has 1 aliphatic rings. The highest BCUT2D eigenvalue weighted by molar-refractivity contribution is 14.0. The van der Waals surface area contributed by atoms with Gasteiger partial charge in [-0.05, 0) is 85.4 Å². The number of likely N-dealkylation sites (tertiary alicyclic amines) is 1. The quantitative estimate of drug-likeness (QED) is 0.226. The van der Waals surface area contributed by atoms with Gasteiger partial charge in [0.05, 0.1) is 5.69 Å². The number of nitrogens with zero attached hydrogens (tertiary/aromatic N) is 4. The second kappa shape index (κ2) is 13.5. The molecule has 1 fully saturated rings. The maximum absolute atomic E-state index is 4.80. The van der Waals surface area contributed by atoms with Crippen molar-refractivity contribution in [3.63, 3.8) is 0 Å². The molecule has 168 valence electrons. The second-order valence-corrected chi connectivity index (χ2v) is 8.37. The van der Waals surface area contributed by atoms with E-state index < -0.39 is 0 Å². The fourth-order valence-electron chi connectivity index (χ4n) is 4.13. The van der Waals surface area contributed by atoms with Crippen LogP contribution in [0.5, 0.6) is 0 Å². The van der Waals surface area contributed by atoms with E-state index >= 15 is 0 Å². The molecule has 0 amide bonds. The van der Waals surface area contributed by atoms with Crippen molar-refractivity contribution in [1.29, 1.82) is 0 Å². The molecule has 2 N–H and O–H groups in total. The number of rotatable bonds is 9. The molecule has 0 saturated carbocycles. The van der Waals surface area contributed by atoms with Gasteiger partial charge in [-0.3, -0.25) is 9.67 Å². The highest BCUT2D eigenvalue weighted by Crippen LogP contribution is 2.17. The Balaban J connectivity index is 0.00000420. The molecule has 0 radical (unpaired) electrons. The average molecular weight is 519 g/mol.